The average Bonchev–Trinajstić information content (AvgIpc) is 3.68. The van der Waals surface area contributed by atoms with Crippen LogP contribution < -0.4 is 0 Å². The molecule has 2 aliphatic rings. The van der Waals surface area contributed by atoms with Crippen LogP contribution in [-0.2, 0) is 22.4 Å². The monoisotopic (exact) mass is 710 g/mol. The number of nitrogens with zero attached hydrogens (tertiary/aromatic N) is 2. The molecule has 2 fully saturated rings. The summed E-state index contributed by atoms with van der Waals surface area (Å²) >= 11 is 0. The van der Waals surface area contributed by atoms with Crippen molar-refractivity contribution >= 4 is 23.8 Å². The molecule has 0 unspecified atom stereocenters. The number of amides is 2. The van der Waals surface area contributed by atoms with Gasteiger partial charge in [-0.15, -0.1) is 0 Å². The van der Waals surface area contributed by atoms with Gasteiger partial charge in [-0.1, -0.05) is 112 Å². The SMILES string of the molecule is CCCC/C=C/C=C/[C@H]1CCC(=O)N1CCCc1ccc(C(=O)O)cc1.CCCC/C=C/C=C\[C@H]1CCC(=O)N1CCCc1ccc(C(=O)O)cc1. The van der Waals surface area contributed by atoms with Crippen LogP contribution in [0.3, 0.4) is 0 Å². The first kappa shape index (κ1) is 41.7. The smallest absolute Gasteiger partial charge is 0.335 e. The molecule has 2 amide bonds. The number of carbonyl (C=O) groups is 4. The van der Waals surface area contributed by atoms with E-state index in [1.165, 1.54) is 25.7 Å². The van der Waals surface area contributed by atoms with Crippen molar-refractivity contribution in [3.63, 3.8) is 0 Å². The second-order valence-corrected chi connectivity index (χ2v) is 13.5. The highest BCUT2D eigenvalue weighted by atomic mass is 16.4. The maximum atomic E-state index is 12.1. The van der Waals surface area contributed by atoms with Crippen molar-refractivity contribution in [2.45, 2.75) is 116 Å². The van der Waals surface area contributed by atoms with Crippen molar-refractivity contribution < 1.29 is 29.4 Å². The predicted octanol–water partition coefficient (Wildman–Crippen LogP) is 9.22. The van der Waals surface area contributed by atoms with E-state index in [-0.39, 0.29) is 23.9 Å². The van der Waals surface area contributed by atoms with Gasteiger partial charge in [0.1, 0.15) is 0 Å². The fourth-order valence-corrected chi connectivity index (χ4v) is 6.41. The molecular formula is C44H58N2O6. The number of aryl methyl sites for hydroxylation is 2. The quantitative estimate of drug-likeness (QED) is 0.105. The van der Waals surface area contributed by atoms with Gasteiger partial charge in [0.15, 0.2) is 0 Å². The number of carboxylic acid groups (broad SMARTS) is 2. The van der Waals surface area contributed by atoms with Gasteiger partial charge in [-0.05, 0) is 86.8 Å². The lowest BCUT2D eigenvalue weighted by Gasteiger charge is -2.22. The third-order valence-corrected chi connectivity index (χ3v) is 9.49. The largest absolute Gasteiger partial charge is 0.478 e. The van der Waals surface area contributed by atoms with E-state index in [4.69, 9.17) is 10.2 Å². The number of carbonyl (C=O) groups excluding carboxylic acids is 2. The van der Waals surface area contributed by atoms with Crippen LogP contribution in [0.25, 0.3) is 0 Å². The summed E-state index contributed by atoms with van der Waals surface area (Å²) in [5.41, 5.74) is 2.82. The van der Waals surface area contributed by atoms with Gasteiger partial charge in [0.2, 0.25) is 11.8 Å². The van der Waals surface area contributed by atoms with E-state index >= 15 is 0 Å². The van der Waals surface area contributed by atoms with Gasteiger partial charge in [-0.2, -0.15) is 0 Å². The lowest BCUT2D eigenvalue weighted by Crippen LogP contribution is -2.32. The zero-order chi connectivity index (χ0) is 37.6. The Bertz CT molecular complexity index is 1410. The standard InChI is InChI=1S/2C22H29NO3/c2*1-2-3-4-5-6-7-10-20-15-16-21(24)23(20)17-8-9-18-11-13-19(14-12-18)22(25)26/h2*5-7,10-14,20H,2-4,8-9,15-17H2,1H3,(H,25,26)/b6-5+,10-7+;6-5+,10-7-/t2*20-/m00/s1. The highest BCUT2D eigenvalue weighted by Crippen LogP contribution is 2.22. The Balaban J connectivity index is 0.000000280. The molecule has 4 rings (SSSR count). The van der Waals surface area contributed by atoms with Crippen molar-refractivity contribution in [3.05, 3.63) is 119 Å². The lowest BCUT2D eigenvalue weighted by molar-refractivity contribution is -0.129. The first-order valence-electron chi connectivity index (χ1n) is 19.1. The Kier molecular flexibility index (Phi) is 19.0. The Morgan fingerprint density at radius 3 is 1.35 bits per heavy atom. The highest BCUT2D eigenvalue weighted by Gasteiger charge is 2.29. The molecule has 0 bridgehead atoms. The predicted molar refractivity (Wildman–Crippen MR) is 209 cm³/mol. The number of hydrogen-bond donors (Lipinski definition) is 2. The summed E-state index contributed by atoms with van der Waals surface area (Å²) in [4.78, 5) is 50.0. The zero-order valence-corrected chi connectivity index (χ0v) is 31.1. The second kappa shape index (κ2) is 23.7. The van der Waals surface area contributed by atoms with Crippen molar-refractivity contribution in [1.29, 1.82) is 0 Å². The molecule has 8 heteroatoms. The number of likely N-dealkylation sites (tertiary alicyclic amines) is 2. The Labute approximate surface area is 310 Å². The van der Waals surface area contributed by atoms with Crippen LogP contribution >= 0.6 is 0 Å². The number of benzene rings is 2. The van der Waals surface area contributed by atoms with E-state index in [2.05, 4.69) is 62.5 Å². The third-order valence-electron chi connectivity index (χ3n) is 9.49. The molecule has 2 aliphatic heterocycles. The fourth-order valence-electron chi connectivity index (χ4n) is 6.41. The molecule has 0 radical (unpaired) electrons. The molecule has 2 atom stereocenters. The van der Waals surface area contributed by atoms with Crippen LogP contribution in [0.4, 0.5) is 0 Å². The van der Waals surface area contributed by atoms with Crippen molar-refractivity contribution in [3.8, 4) is 0 Å². The number of unbranched alkanes of at least 4 members (excludes halogenated alkanes) is 4. The molecule has 2 aromatic carbocycles. The molecule has 0 saturated carbocycles. The first-order valence-corrected chi connectivity index (χ1v) is 19.1. The third kappa shape index (κ3) is 14.9. The van der Waals surface area contributed by atoms with Gasteiger partial charge < -0.3 is 20.0 Å². The van der Waals surface area contributed by atoms with Gasteiger partial charge in [0.05, 0.1) is 23.2 Å². The maximum Gasteiger partial charge on any atom is 0.335 e. The van der Waals surface area contributed by atoms with E-state index < -0.39 is 11.9 Å². The summed E-state index contributed by atoms with van der Waals surface area (Å²) in [6.07, 6.45) is 30.5. The molecule has 280 valence electrons. The lowest BCUT2D eigenvalue weighted by atomic mass is 10.1. The number of hydrogen-bond acceptors (Lipinski definition) is 4. The normalized spacial score (nSPS) is 17.7. The topological polar surface area (TPSA) is 115 Å². The van der Waals surface area contributed by atoms with E-state index in [1.807, 2.05) is 34.1 Å². The van der Waals surface area contributed by atoms with Gasteiger partial charge in [0.25, 0.3) is 0 Å². The van der Waals surface area contributed by atoms with E-state index in [1.54, 1.807) is 24.3 Å². The average molecular weight is 711 g/mol. The van der Waals surface area contributed by atoms with Gasteiger partial charge in [-0.25, -0.2) is 9.59 Å². The molecule has 0 spiro atoms. The summed E-state index contributed by atoms with van der Waals surface area (Å²) in [6.45, 7) is 5.86. The van der Waals surface area contributed by atoms with E-state index in [9.17, 15) is 19.2 Å². The number of aromatic carboxylic acids is 2. The molecule has 2 aromatic rings. The Hall–Kier alpha value is -4.72. The van der Waals surface area contributed by atoms with E-state index in [0.717, 1.165) is 75.6 Å². The van der Waals surface area contributed by atoms with Crippen LogP contribution in [0.5, 0.6) is 0 Å². The Morgan fingerprint density at radius 2 is 1.00 bits per heavy atom. The number of rotatable bonds is 20. The van der Waals surface area contributed by atoms with E-state index in [0.29, 0.717) is 24.0 Å². The van der Waals surface area contributed by atoms with Crippen LogP contribution in [0.1, 0.15) is 123 Å². The molecule has 8 nitrogen and oxygen atoms in total. The van der Waals surface area contributed by atoms with Gasteiger partial charge >= 0.3 is 11.9 Å². The molecule has 2 N–H and O–H groups in total. The summed E-state index contributed by atoms with van der Waals surface area (Å²) in [7, 11) is 0. The molecular weight excluding hydrogens is 652 g/mol. The number of allylic oxidation sites excluding steroid dienone is 6. The molecule has 2 heterocycles. The molecule has 0 aliphatic carbocycles. The second-order valence-electron chi connectivity index (χ2n) is 13.5. The van der Waals surface area contributed by atoms with Gasteiger partial charge in [-0.3, -0.25) is 9.59 Å². The zero-order valence-electron chi connectivity index (χ0n) is 31.1. The van der Waals surface area contributed by atoms with Crippen LogP contribution in [0, 0.1) is 0 Å². The highest BCUT2D eigenvalue weighted by molar-refractivity contribution is 5.88. The van der Waals surface area contributed by atoms with Crippen molar-refractivity contribution in [2.75, 3.05) is 13.1 Å². The van der Waals surface area contributed by atoms with Gasteiger partial charge in [0, 0.05) is 25.9 Å². The fraction of sp³-hybridized carbons (Fsp3) is 0.455. The first-order chi connectivity index (χ1) is 25.2. The number of carboxylic acids is 2. The molecule has 52 heavy (non-hydrogen) atoms. The van der Waals surface area contributed by atoms with Crippen molar-refractivity contribution in [1.82, 2.24) is 9.80 Å². The summed E-state index contributed by atoms with van der Waals surface area (Å²) in [6, 6.07) is 14.4. The summed E-state index contributed by atoms with van der Waals surface area (Å²) in [5, 5.41) is 17.9. The van der Waals surface area contributed by atoms with Crippen LogP contribution in [0.15, 0.2) is 97.1 Å². The minimum atomic E-state index is -0.905. The minimum Gasteiger partial charge on any atom is -0.478 e. The summed E-state index contributed by atoms with van der Waals surface area (Å²) < 4.78 is 0. The van der Waals surface area contributed by atoms with Crippen LogP contribution in [-0.4, -0.2) is 68.9 Å². The van der Waals surface area contributed by atoms with Crippen LogP contribution in [0.2, 0.25) is 0 Å². The maximum absolute atomic E-state index is 12.1. The molecule has 2 saturated heterocycles. The summed E-state index contributed by atoms with van der Waals surface area (Å²) in [5.74, 6) is -1.35. The Morgan fingerprint density at radius 1 is 0.615 bits per heavy atom. The minimum absolute atomic E-state index is 0.202. The van der Waals surface area contributed by atoms with Crippen molar-refractivity contribution in [2.24, 2.45) is 0 Å². The molecule has 0 aromatic heterocycles.